The number of carbonyl (C=O) groups is 2. The van der Waals surface area contributed by atoms with Crippen LogP contribution in [-0.4, -0.2) is 56.1 Å². The zero-order valence-electron chi connectivity index (χ0n) is 11.5. The van der Waals surface area contributed by atoms with Crippen molar-refractivity contribution in [3.63, 3.8) is 0 Å². The van der Waals surface area contributed by atoms with Gasteiger partial charge in [-0.1, -0.05) is 18.2 Å². The summed E-state index contributed by atoms with van der Waals surface area (Å²) < 4.78 is 10.7. The molecular weight excluding hydrogens is 276 g/mol. The summed E-state index contributed by atoms with van der Waals surface area (Å²) in [4.78, 5) is 24.3. The summed E-state index contributed by atoms with van der Waals surface area (Å²) in [5.41, 5.74) is 0.526. The minimum Gasteiger partial charge on any atom is -0.480 e. The predicted molar refractivity (Wildman–Crippen MR) is 75.4 cm³/mol. The maximum absolute atomic E-state index is 12.2. The van der Waals surface area contributed by atoms with Crippen molar-refractivity contribution in [1.29, 1.82) is 0 Å². The number of aliphatic carboxylic acids is 1. The summed E-state index contributed by atoms with van der Waals surface area (Å²) in [7, 11) is 0. The highest BCUT2D eigenvalue weighted by Gasteiger charge is 2.21. The van der Waals surface area contributed by atoms with Gasteiger partial charge < -0.3 is 19.9 Å². The van der Waals surface area contributed by atoms with Crippen LogP contribution < -0.4 is 10.2 Å². The van der Waals surface area contributed by atoms with Gasteiger partial charge in [-0.2, -0.15) is 0 Å². The number of anilines is 1. The molecule has 1 aliphatic heterocycles. The van der Waals surface area contributed by atoms with Crippen LogP contribution in [0.3, 0.4) is 0 Å². The van der Waals surface area contributed by atoms with E-state index in [-0.39, 0.29) is 12.6 Å². The number of amides is 2. The molecule has 0 saturated carbocycles. The van der Waals surface area contributed by atoms with E-state index in [4.69, 9.17) is 14.6 Å². The molecule has 0 aliphatic carbocycles. The third-order valence-corrected chi connectivity index (χ3v) is 2.97. The predicted octanol–water partition coefficient (Wildman–Crippen LogP) is 0.703. The van der Waals surface area contributed by atoms with Gasteiger partial charge in [0.25, 0.3) is 0 Å². The molecule has 1 aliphatic rings. The number of nitrogens with one attached hydrogen (secondary N) is 1. The summed E-state index contributed by atoms with van der Waals surface area (Å²) in [5, 5.41) is 11.6. The van der Waals surface area contributed by atoms with Gasteiger partial charge in [0.05, 0.1) is 25.9 Å². The lowest BCUT2D eigenvalue weighted by molar-refractivity contribution is -0.135. The van der Waals surface area contributed by atoms with Crippen LogP contribution in [0.25, 0.3) is 0 Å². The van der Waals surface area contributed by atoms with Gasteiger partial charge in [-0.05, 0) is 12.1 Å². The zero-order valence-corrected chi connectivity index (χ0v) is 11.5. The summed E-state index contributed by atoms with van der Waals surface area (Å²) in [5.74, 6) is -1.08. The molecule has 21 heavy (non-hydrogen) atoms. The fourth-order valence-corrected chi connectivity index (χ4v) is 1.97. The molecule has 7 nitrogen and oxygen atoms in total. The number of carbonyl (C=O) groups excluding carboxylic acids is 1. The van der Waals surface area contributed by atoms with Crippen LogP contribution in [0, 0.1) is 0 Å². The van der Waals surface area contributed by atoms with Crippen LogP contribution in [0.1, 0.15) is 0 Å². The Morgan fingerprint density at radius 3 is 2.67 bits per heavy atom. The molecule has 1 aromatic rings. The first-order chi connectivity index (χ1) is 10.2. The van der Waals surface area contributed by atoms with Crippen molar-refractivity contribution in [3.05, 3.63) is 30.3 Å². The second-order valence-electron chi connectivity index (χ2n) is 4.57. The Morgan fingerprint density at radius 1 is 1.29 bits per heavy atom. The molecule has 0 aromatic heterocycles. The Kier molecular flexibility index (Phi) is 5.53. The molecule has 1 atom stereocenters. The van der Waals surface area contributed by atoms with E-state index in [9.17, 15) is 9.59 Å². The van der Waals surface area contributed by atoms with Gasteiger partial charge in [0.1, 0.15) is 6.54 Å². The monoisotopic (exact) mass is 294 g/mol. The minimum atomic E-state index is -1.08. The highest BCUT2D eigenvalue weighted by Crippen LogP contribution is 2.13. The number of para-hydroxylation sites is 1. The van der Waals surface area contributed by atoms with Crippen LogP contribution in [0.4, 0.5) is 10.5 Å². The van der Waals surface area contributed by atoms with E-state index in [1.165, 1.54) is 4.90 Å². The molecule has 2 rings (SSSR count). The number of carboxylic acid groups (broad SMARTS) is 1. The maximum Gasteiger partial charge on any atom is 0.323 e. The average molecular weight is 294 g/mol. The molecule has 1 unspecified atom stereocenters. The van der Waals surface area contributed by atoms with Crippen LogP contribution in [0.5, 0.6) is 0 Å². The van der Waals surface area contributed by atoms with Crippen LogP contribution >= 0.6 is 0 Å². The largest absolute Gasteiger partial charge is 0.480 e. The Morgan fingerprint density at radius 2 is 2.05 bits per heavy atom. The molecule has 0 spiro atoms. The van der Waals surface area contributed by atoms with Gasteiger partial charge in [-0.15, -0.1) is 0 Å². The first kappa shape index (κ1) is 15.3. The number of ether oxygens (including phenoxy) is 2. The molecule has 1 saturated heterocycles. The molecule has 1 aromatic carbocycles. The Labute approximate surface area is 122 Å². The second-order valence-corrected chi connectivity index (χ2v) is 4.57. The van der Waals surface area contributed by atoms with E-state index in [1.807, 2.05) is 0 Å². The Balaban J connectivity index is 1.95. The smallest absolute Gasteiger partial charge is 0.323 e. The van der Waals surface area contributed by atoms with Gasteiger partial charge in [-0.25, -0.2) is 4.79 Å². The van der Waals surface area contributed by atoms with Crippen molar-refractivity contribution in [3.8, 4) is 0 Å². The van der Waals surface area contributed by atoms with E-state index in [0.29, 0.717) is 25.5 Å². The van der Waals surface area contributed by atoms with Crippen molar-refractivity contribution in [2.45, 2.75) is 6.10 Å². The normalized spacial score (nSPS) is 18.0. The summed E-state index contributed by atoms with van der Waals surface area (Å²) in [6.07, 6.45) is -0.204. The van der Waals surface area contributed by atoms with Gasteiger partial charge in [0.2, 0.25) is 0 Å². The van der Waals surface area contributed by atoms with Crippen molar-refractivity contribution >= 4 is 17.7 Å². The Hall–Kier alpha value is -2.12. The van der Waals surface area contributed by atoms with Crippen molar-refractivity contribution in [2.75, 3.05) is 37.8 Å². The van der Waals surface area contributed by atoms with Crippen molar-refractivity contribution < 1.29 is 24.2 Å². The number of hydrogen-bond donors (Lipinski definition) is 2. The molecule has 1 heterocycles. The van der Waals surface area contributed by atoms with Crippen molar-refractivity contribution in [1.82, 2.24) is 5.32 Å². The topological polar surface area (TPSA) is 88.1 Å². The lowest BCUT2D eigenvalue weighted by Gasteiger charge is -2.25. The average Bonchev–Trinajstić information content (AvgIpc) is 2.52. The number of benzene rings is 1. The molecular formula is C14H18N2O5. The molecule has 114 valence electrons. The fraction of sp³-hybridized carbons (Fsp3) is 0.429. The quantitative estimate of drug-likeness (QED) is 0.834. The molecule has 0 bridgehead atoms. The zero-order chi connectivity index (χ0) is 15.1. The van der Waals surface area contributed by atoms with Crippen LogP contribution in [0.15, 0.2) is 30.3 Å². The second kappa shape index (κ2) is 7.61. The summed E-state index contributed by atoms with van der Waals surface area (Å²) in [6, 6.07) is 8.18. The molecule has 1 fully saturated rings. The van der Waals surface area contributed by atoms with Gasteiger partial charge >= 0.3 is 12.0 Å². The molecule has 0 radical (unpaired) electrons. The molecule has 7 heteroatoms. The van der Waals surface area contributed by atoms with Crippen LogP contribution in [0.2, 0.25) is 0 Å². The first-order valence-electron chi connectivity index (χ1n) is 6.68. The van der Waals surface area contributed by atoms with E-state index in [0.717, 1.165) is 0 Å². The van der Waals surface area contributed by atoms with E-state index < -0.39 is 18.5 Å². The van der Waals surface area contributed by atoms with Gasteiger partial charge in [-0.3, -0.25) is 9.69 Å². The highest BCUT2D eigenvalue weighted by atomic mass is 16.6. The maximum atomic E-state index is 12.2. The van der Waals surface area contributed by atoms with E-state index in [1.54, 1.807) is 30.3 Å². The fourth-order valence-electron chi connectivity index (χ4n) is 1.97. The van der Waals surface area contributed by atoms with Gasteiger partial charge in [0, 0.05) is 12.2 Å². The number of carboxylic acids is 1. The lowest BCUT2D eigenvalue weighted by Crippen LogP contribution is -2.47. The number of rotatable bonds is 5. The van der Waals surface area contributed by atoms with Crippen LogP contribution in [-0.2, 0) is 14.3 Å². The highest BCUT2D eigenvalue weighted by molar-refractivity contribution is 5.96. The molecule has 2 amide bonds. The third-order valence-electron chi connectivity index (χ3n) is 2.97. The third kappa shape index (κ3) is 4.73. The number of hydrogen-bond acceptors (Lipinski definition) is 4. The van der Waals surface area contributed by atoms with Crippen molar-refractivity contribution in [2.24, 2.45) is 0 Å². The minimum absolute atomic E-state index is 0.204. The number of nitrogens with zero attached hydrogens (tertiary/aromatic N) is 1. The molecule has 2 N–H and O–H groups in total. The number of urea groups is 1. The first-order valence-corrected chi connectivity index (χ1v) is 6.68. The standard InChI is InChI=1S/C14H18N2O5/c17-13(18)9-16(11-4-2-1-3-5-11)14(19)15-8-12-10-20-6-7-21-12/h1-5,12H,6-10H2,(H,15,19)(H,17,18). The van der Waals surface area contributed by atoms with Gasteiger partial charge in [0.15, 0.2) is 0 Å². The SMILES string of the molecule is O=C(O)CN(C(=O)NCC1COCCO1)c1ccccc1. The van der Waals surface area contributed by atoms with E-state index >= 15 is 0 Å². The van der Waals surface area contributed by atoms with E-state index in [2.05, 4.69) is 5.32 Å². The summed E-state index contributed by atoms with van der Waals surface area (Å²) >= 11 is 0. The Bertz CT molecular complexity index is 474. The lowest BCUT2D eigenvalue weighted by atomic mass is 10.3. The summed E-state index contributed by atoms with van der Waals surface area (Å²) in [6.45, 7) is 1.35.